The highest BCUT2D eigenvalue weighted by atomic mass is 14.8. The lowest BCUT2D eigenvalue weighted by atomic mass is 10.4. The molecule has 0 bridgehead atoms. The molecule has 1 heteroatoms. The van der Waals surface area contributed by atoms with Gasteiger partial charge in [-0.1, -0.05) is 19.2 Å². The average Bonchev–Trinajstić information content (AvgIpc) is 1.68. The Labute approximate surface area is 50.4 Å². The molecule has 0 aliphatic carbocycles. The van der Waals surface area contributed by atoms with E-state index in [1.165, 1.54) is 0 Å². The van der Waals surface area contributed by atoms with Crippen molar-refractivity contribution >= 4 is 0 Å². The van der Waals surface area contributed by atoms with Crippen LogP contribution in [0, 0.1) is 0 Å². The molecule has 0 fully saturated rings. The maximum atomic E-state index is 3.53. The van der Waals surface area contributed by atoms with Crippen molar-refractivity contribution < 1.29 is 0 Å². The summed E-state index contributed by atoms with van der Waals surface area (Å²) in [6.45, 7) is 8.98. The van der Waals surface area contributed by atoms with E-state index in [1.807, 2.05) is 13.0 Å². The van der Waals surface area contributed by atoms with Gasteiger partial charge in [0.1, 0.15) is 0 Å². The second-order valence-corrected chi connectivity index (χ2v) is 1.43. The Bertz CT molecular complexity index is 112. The Hall–Kier alpha value is -0.980. The van der Waals surface area contributed by atoms with Gasteiger partial charge in [-0.2, -0.15) is 0 Å². The van der Waals surface area contributed by atoms with Crippen molar-refractivity contribution in [2.24, 2.45) is 0 Å². The number of hydrogen-bond acceptors (Lipinski definition) is 1. The molecule has 0 aromatic rings. The van der Waals surface area contributed by atoms with E-state index in [9.17, 15) is 0 Å². The van der Waals surface area contributed by atoms with Crippen LogP contribution in [0.5, 0.6) is 0 Å². The van der Waals surface area contributed by atoms with Gasteiger partial charge >= 0.3 is 0 Å². The summed E-state index contributed by atoms with van der Waals surface area (Å²) in [5, 5.41) is 2.90. The molecular weight excluding hydrogens is 98.1 g/mol. The maximum Gasteiger partial charge on any atom is 0.0114 e. The maximum absolute atomic E-state index is 3.53. The average molecular weight is 109 g/mol. The molecule has 0 aliphatic rings. The van der Waals surface area contributed by atoms with Crippen molar-refractivity contribution in [3.05, 3.63) is 37.2 Å². The lowest BCUT2D eigenvalue weighted by Crippen LogP contribution is -1.98. The van der Waals surface area contributed by atoms with E-state index < -0.39 is 0 Å². The predicted octanol–water partition coefficient (Wildman–Crippen LogP) is 1.81. The first-order chi connectivity index (χ1) is 3.81. The zero-order valence-electron chi connectivity index (χ0n) is 5.15. The van der Waals surface area contributed by atoms with Crippen LogP contribution >= 0.6 is 0 Å². The zero-order valence-corrected chi connectivity index (χ0v) is 5.15. The minimum Gasteiger partial charge on any atom is -0.366 e. The molecule has 0 saturated carbocycles. The number of nitrogens with one attached hydrogen (secondary N) is 1. The molecule has 0 atom stereocenters. The monoisotopic (exact) mass is 109 g/mol. The van der Waals surface area contributed by atoms with E-state index in [4.69, 9.17) is 0 Å². The van der Waals surface area contributed by atoms with Gasteiger partial charge in [-0.15, -0.1) is 0 Å². The molecule has 8 heavy (non-hydrogen) atoms. The molecule has 0 rings (SSSR count). The first-order valence-electron chi connectivity index (χ1n) is 2.48. The summed E-state index contributed by atoms with van der Waals surface area (Å²) in [6, 6.07) is 0. The highest BCUT2D eigenvalue weighted by Crippen LogP contribution is 1.83. The van der Waals surface area contributed by atoms with Crippen LogP contribution in [0.1, 0.15) is 6.92 Å². The van der Waals surface area contributed by atoms with Crippen LogP contribution in [0.25, 0.3) is 0 Å². The Balaban J connectivity index is 3.60. The summed E-state index contributed by atoms with van der Waals surface area (Å²) < 4.78 is 0. The van der Waals surface area contributed by atoms with E-state index in [2.05, 4.69) is 18.5 Å². The van der Waals surface area contributed by atoms with Crippen molar-refractivity contribution in [2.75, 3.05) is 0 Å². The molecule has 0 spiro atoms. The molecule has 1 N–H and O–H groups in total. The molecule has 0 saturated heterocycles. The fourth-order valence-electron chi connectivity index (χ4n) is 0.386. The van der Waals surface area contributed by atoms with Crippen LogP contribution in [0.2, 0.25) is 0 Å². The van der Waals surface area contributed by atoms with E-state index >= 15 is 0 Å². The third-order valence-electron chi connectivity index (χ3n) is 0.698. The fourth-order valence-corrected chi connectivity index (χ4v) is 0.386. The molecule has 0 amide bonds. The van der Waals surface area contributed by atoms with Gasteiger partial charge in [-0.3, -0.25) is 0 Å². The van der Waals surface area contributed by atoms with E-state index in [0.717, 1.165) is 5.70 Å². The van der Waals surface area contributed by atoms with E-state index in [0.29, 0.717) is 0 Å². The summed E-state index contributed by atoms with van der Waals surface area (Å²) in [5.74, 6) is 0. The van der Waals surface area contributed by atoms with E-state index in [1.54, 1.807) is 12.3 Å². The van der Waals surface area contributed by atoms with Crippen LogP contribution in [0.3, 0.4) is 0 Å². The van der Waals surface area contributed by atoms with Gasteiger partial charge in [0, 0.05) is 5.70 Å². The minimum absolute atomic E-state index is 1.05. The lowest BCUT2D eigenvalue weighted by molar-refractivity contribution is 1.06. The van der Waals surface area contributed by atoms with Gasteiger partial charge < -0.3 is 5.32 Å². The second kappa shape index (κ2) is 4.19. The number of rotatable bonds is 3. The van der Waals surface area contributed by atoms with Gasteiger partial charge in [-0.05, 0) is 19.2 Å². The minimum atomic E-state index is 1.05. The van der Waals surface area contributed by atoms with Crippen LogP contribution < -0.4 is 5.32 Å². The molecule has 0 heterocycles. The van der Waals surface area contributed by atoms with Crippen LogP contribution in [-0.4, -0.2) is 0 Å². The van der Waals surface area contributed by atoms with Crippen molar-refractivity contribution in [2.45, 2.75) is 6.92 Å². The van der Waals surface area contributed by atoms with Crippen LogP contribution in [0.4, 0.5) is 0 Å². The topological polar surface area (TPSA) is 12.0 Å². The van der Waals surface area contributed by atoms with Gasteiger partial charge in [0.15, 0.2) is 0 Å². The molecule has 0 aromatic heterocycles. The molecule has 0 aliphatic heterocycles. The van der Waals surface area contributed by atoms with Gasteiger partial charge in [0.2, 0.25) is 0 Å². The molecule has 0 unspecified atom stereocenters. The van der Waals surface area contributed by atoms with Gasteiger partial charge in [0.25, 0.3) is 0 Å². The van der Waals surface area contributed by atoms with Crippen molar-refractivity contribution in [3.8, 4) is 0 Å². The van der Waals surface area contributed by atoms with E-state index in [-0.39, 0.29) is 0 Å². The quantitative estimate of drug-likeness (QED) is 0.545. The summed E-state index contributed by atoms with van der Waals surface area (Å²) in [7, 11) is 0. The van der Waals surface area contributed by atoms with Crippen molar-refractivity contribution in [3.63, 3.8) is 0 Å². The standard InChI is InChI=1S/C7H11N/c1-4-6-7(3)8-5-2/h4-6,8H,1-2H2,3H3/b7-6+. The molecular formula is C7H11N. The molecule has 1 nitrogen and oxygen atoms in total. The Kier molecular flexibility index (Phi) is 3.67. The zero-order chi connectivity index (χ0) is 6.41. The third-order valence-corrected chi connectivity index (χ3v) is 0.698. The number of hydrogen-bond donors (Lipinski definition) is 1. The smallest absolute Gasteiger partial charge is 0.0114 e. The van der Waals surface area contributed by atoms with Gasteiger partial charge in [0.05, 0.1) is 0 Å². The molecule has 0 aromatic carbocycles. The number of allylic oxidation sites excluding steroid dienone is 3. The second-order valence-electron chi connectivity index (χ2n) is 1.43. The van der Waals surface area contributed by atoms with Gasteiger partial charge in [-0.25, -0.2) is 0 Å². The highest BCUT2D eigenvalue weighted by Gasteiger charge is 1.74. The summed E-state index contributed by atoms with van der Waals surface area (Å²) in [4.78, 5) is 0. The first kappa shape index (κ1) is 7.02. The molecule has 44 valence electrons. The first-order valence-corrected chi connectivity index (χ1v) is 2.48. The van der Waals surface area contributed by atoms with Crippen LogP contribution in [-0.2, 0) is 0 Å². The Morgan fingerprint density at radius 1 is 1.50 bits per heavy atom. The predicted molar refractivity (Wildman–Crippen MR) is 37.3 cm³/mol. The fraction of sp³-hybridized carbons (Fsp3) is 0.143. The summed E-state index contributed by atoms with van der Waals surface area (Å²) in [5.41, 5.74) is 1.05. The third kappa shape index (κ3) is 3.22. The SMILES string of the molecule is C=C/C=C(\C)NC=C. The van der Waals surface area contributed by atoms with Crippen molar-refractivity contribution in [1.29, 1.82) is 0 Å². The lowest BCUT2D eigenvalue weighted by Gasteiger charge is -1.94. The molecule has 0 radical (unpaired) electrons. The summed E-state index contributed by atoms with van der Waals surface area (Å²) in [6.07, 6.45) is 5.24. The van der Waals surface area contributed by atoms with Crippen LogP contribution in [0.15, 0.2) is 37.2 Å². The normalized spacial score (nSPS) is 10.4. The van der Waals surface area contributed by atoms with Crippen molar-refractivity contribution in [1.82, 2.24) is 5.32 Å². The largest absolute Gasteiger partial charge is 0.366 e. The Morgan fingerprint density at radius 2 is 2.12 bits per heavy atom. The highest BCUT2D eigenvalue weighted by molar-refractivity contribution is 5.07. The summed E-state index contributed by atoms with van der Waals surface area (Å²) >= 11 is 0. The Morgan fingerprint density at radius 3 is 2.50 bits per heavy atom.